The molecule has 2 aromatic heterocycles. The van der Waals surface area contributed by atoms with Crippen LogP contribution in [0.2, 0.25) is 0 Å². The first kappa shape index (κ1) is 24.9. The minimum absolute atomic E-state index is 0.426. The van der Waals surface area contributed by atoms with Crippen molar-refractivity contribution in [3.63, 3.8) is 0 Å². The Morgan fingerprint density at radius 2 is 1.54 bits per heavy atom. The molecule has 0 aliphatic rings. The third-order valence-corrected chi connectivity index (χ3v) is 7.88. The van der Waals surface area contributed by atoms with Crippen LogP contribution >= 0.6 is 23.5 Å². The summed E-state index contributed by atoms with van der Waals surface area (Å²) in [5.41, 5.74) is 4.79. The summed E-state index contributed by atoms with van der Waals surface area (Å²) in [6.07, 6.45) is 0.426. The zero-order valence-corrected chi connectivity index (χ0v) is 21.7. The Morgan fingerprint density at radius 3 is 2.16 bits per heavy atom. The number of imidazole rings is 1. The molecule has 0 amide bonds. The number of hydrogen-bond donors (Lipinski definition) is 1. The van der Waals surface area contributed by atoms with E-state index in [1.54, 1.807) is 0 Å². The number of carbonyl (C=O) groups is 1. The Kier molecular flexibility index (Phi) is 7.72. The predicted molar refractivity (Wildman–Crippen MR) is 145 cm³/mol. The molecule has 0 spiro atoms. The van der Waals surface area contributed by atoms with Gasteiger partial charge in [-0.05, 0) is 18.6 Å². The molecule has 186 valence electrons. The van der Waals surface area contributed by atoms with E-state index in [-0.39, 0.29) is 0 Å². The summed E-state index contributed by atoms with van der Waals surface area (Å²) >= 11 is 2.68. The van der Waals surface area contributed by atoms with Crippen molar-refractivity contribution in [2.45, 2.75) is 34.7 Å². The molecule has 3 aromatic carbocycles. The topological polar surface area (TPSA) is 99.5 Å². The van der Waals surface area contributed by atoms with Crippen molar-refractivity contribution < 1.29 is 9.90 Å². The van der Waals surface area contributed by atoms with Crippen LogP contribution in [0.3, 0.4) is 0 Å². The van der Waals surface area contributed by atoms with Gasteiger partial charge in [0.05, 0.1) is 28.4 Å². The fraction of sp³-hybridized carbons (Fsp3) is 0.143. The predicted octanol–water partition coefficient (Wildman–Crippen LogP) is 5.24. The molecule has 2 heterocycles. The zero-order chi connectivity index (χ0) is 25.6. The number of benzene rings is 3. The van der Waals surface area contributed by atoms with Crippen molar-refractivity contribution in [1.29, 1.82) is 0 Å². The third kappa shape index (κ3) is 5.63. The largest absolute Gasteiger partial charge is 0.549 e. The number of H-pyrrole nitrogens is 1. The van der Waals surface area contributed by atoms with Crippen molar-refractivity contribution in [3.05, 3.63) is 96.8 Å². The zero-order valence-electron chi connectivity index (χ0n) is 20.1. The van der Waals surface area contributed by atoms with Gasteiger partial charge in [-0.1, -0.05) is 109 Å². The van der Waals surface area contributed by atoms with Crippen LogP contribution in [-0.2, 0) is 10.5 Å². The van der Waals surface area contributed by atoms with E-state index in [1.165, 1.54) is 11.8 Å². The first-order chi connectivity index (χ1) is 18.1. The van der Waals surface area contributed by atoms with Crippen LogP contribution in [-0.4, -0.2) is 36.0 Å². The molecule has 9 heteroatoms. The van der Waals surface area contributed by atoms with Crippen molar-refractivity contribution in [2.24, 2.45) is 0 Å². The minimum Gasteiger partial charge on any atom is -0.549 e. The molecule has 1 atom stereocenters. The fourth-order valence-electron chi connectivity index (χ4n) is 3.90. The highest BCUT2D eigenvalue weighted by Crippen LogP contribution is 2.34. The van der Waals surface area contributed by atoms with Crippen LogP contribution in [0.4, 0.5) is 0 Å². The van der Waals surface area contributed by atoms with Crippen molar-refractivity contribution >= 4 is 29.5 Å². The maximum Gasteiger partial charge on any atom is 0.196 e. The number of aromatic amines is 1. The lowest BCUT2D eigenvalue weighted by Gasteiger charge is -2.16. The Morgan fingerprint density at radius 1 is 0.919 bits per heavy atom. The van der Waals surface area contributed by atoms with Crippen LogP contribution in [0.5, 0.6) is 0 Å². The molecule has 0 aliphatic carbocycles. The number of nitrogens with zero attached hydrogens (tertiary/aromatic N) is 4. The second-order valence-corrected chi connectivity index (χ2v) is 10.3. The SMILES string of the molecule is CCC(Sc1nnc(CSc2nc(-c3ccccc3)c(-c3ccccc3)[nH]2)n1-c1ccccc1)C(=O)[O-]. The van der Waals surface area contributed by atoms with E-state index in [0.717, 1.165) is 45.1 Å². The number of para-hydroxylation sites is 1. The van der Waals surface area contributed by atoms with Crippen LogP contribution in [0.15, 0.2) is 101 Å². The molecular formula is C28H24N5O2S2-. The van der Waals surface area contributed by atoms with E-state index < -0.39 is 11.2 Å². The molecule has 0 radical (unpaired) electrons. The van der Waals surface area contributed by atoms with Gasteiger partial charge in [-0.15, -0.1) is 10.2 Å². The summed E-state index contributed by atoms with van der Waals surface area (Å²) in [4.78, 5) is 20.0. The standard InChI is InChI=1S/C28H25N5O2S2/c1-2-22(26(34)35)37-28-32-31-23(33(28)21-16-10-5-11-17-21)18-36-27-29-24(19-12-6-3-7-13-19)25(30-27)20-14-8-4-9-15-20/h3-17,22H,2,18H2,1H3,(H,29,30)(H,34,35)/p-1. The molecule has 5 aromatic rings. The Balaban J connectivity index is 1.47. The van der Waals surface area contributed by atoms with Gasteiger partial charge in [0.1, 0.15) is 5.82 Å². The monoisotopic (exact) mass is 526 g/mol. The van der Waals surface area contributed by atoms with Crippen LogP contribution in [0.25, 0.3) is 28.2 Å². The van der Waals surface area contributed by atoms with E-state index in [1.807, 2.05) is 90.4 Å². The quantitative estimate of drug-likeness (QED) is 0.249. The molecule has 0 aliphatic heterocycles. The van der Waals surface area contributed by atoms with Gasteiger partial charge in [-0.3, -0.25) is 4.57 Å². The van der Waals surface area contributed by atoms with Gasteiger partial charge >= 0.3 is 0 Å². The Hall–Kier alpha value is -3.82. The fourth-order valence-corrected chi connectivity index (χ4v) is 5.61. The molecule has 0 fully saturated rings. The van der Waals surface area contributed by atoms with Gasteiger partial charge < -0.3 is 14.9 Å². The Bertz CT molecular complexity index is 1410. The summed E-state index contributed by atoms with van der Waals surface area (Å²) in [5.74, 6) is 0.0786. The molecule has 1 unspecified atom stereocenters. The molecular weight excluding hydrogens is 502 g/mol. The highest BCUT2D eigenvalue weighted by molar-refractivity contribution is 8.00. The van der Waals surface area contributed by atoms with Gasteiger partial charge in [0.15, 0.2) is 10.3 Å². The van der Waals surface area contributed by atoms with Crippen molar-refractivity contribution in [1.82, 2.24) is 24.7 Å². The number of aromatic nitrogens is 5. The van der Waals surface area contributed by atoms with Crippen LogP contribution in [0.1, 0.15) is 19.2 Å². The number of carboxylic acid groups (broad SMARTS) is 1. The molecule has 0 saturated heterocycles. The van der Waals surface area contributed by atoms with E-state index >= 15 is 0 Å². The second kappa shape index (κ2) is 11.5. The number of hydrogen-bond acceptors (Lipinski definition) is 7. The first-order valence-corrected chi connectivity index (χ1v) is 13.7. The number of carbonyl (C=O) groups excluding carboxylic acids is 1. The van der Waals surface area contributed by atoms with Gasteiger partial charge in [0, 0.05) is 16.8 Å². The first-order valence-electron chi connectivity index (χ1n) is 11.8. The molecule has 5 rings (SSSR count). The average Bonchev–Trinajstić information content (AvgIpc) is 3.56. The smallest absolute Gasteiger partial charge is 0.196 e. The maximum absolute atomic E-state index is 11.6. The third-order valence-electron chi connectivity index (χ3n) is 5.73. The van der Waals surface area contributed by atoms with Gasteiger partial charge in [-0.25, -0.2) is 4.98 Å². The summed E-state index contributed by atoms with van der Waals surface area (Å²) in [5, 5.41) is 20.9. The summed E-state index contributed by atoms with van der Waals surface area (Å²) in [6.45, 7) is 1.82. The highest BCUT2D eigenvalue weighted by Gasteiger charge is 2.20. The van der Waals surface area contributed by atoms with Gasteiger partial charge in [0.25, 0.3) is 0 Å². The molecule has 1 N–H and O–H groups in total. The second-order valence-electron chi connectivity index (χ2n) is 8.19. The highest BCUT2D eigenvalue weighted by atomic mass is 32.2. The summed E-state index contributed by atoms with van der Waals surface area (Å²) < 4.78 is 1.91. The number of nitrogens with one attached hydrogen (secondary N) is 1. The van der Waals surface area contributed by atoms with E-state index in [0.29, 0.717) is 23.2 Å². The number of rotatable bonds is 10. The average molecular weight is 527 g/mol. The molecule has 0 bridgehead atoms. The van der Waals surface area contributed by atoms with Gasteiger partial charge in [0.2, 0.25) is 0 Å². The van der Waals surface area contributed by atoms with Crippen LogP contribution < -0.4 is 5.11 Å². The van der Waals surface area contributed by atoms with E-state index in [2.05, 4.69) is 27.3 Å². The maximum atomic E-state index is 11.6. The minimum atomic E-state index is -1.11. The number of thioether (sulfide) groups is 2. The van der Waals surface area contributed by atoms with E-state index in [4.69, 9.17) is 4.98 Å². The normalized spacial score (nSPS) is 11.9. The number of carboxylic acids is 1. The van der Waals surface area contributed by atoms with Crippen molar-refractivity contribution in [3.8, 4) is 28.2 Å². The number of aliphatic carboxylic acids is 1. The Labute approximate surface area is 223 Å². The van der Waals surface area contributed by atoms with E-state index in [9.17, 15) is 9.90 Å². The lowest BCUT2D eigenvalue weighted by atomic mass is 10.1. The molecule has 0 saturated carbocycles. The van der Waals surface area contributed by atoms with Crippen LogP contribution in [0, 0.1) is 0 Å². The summed E-state index contributed by atoms with van der Waals surface area (Å²) in [6, 6.07) is 29.9. The lowest BCUT2D eigenvalue weighted by molar-refractivity contribution is -0.304. The molecule has 37 heavy (non-hydrogen) atoms. The lowest BCUT2D eigenvalue weighted by Crippen LogP contribution is -2.33. The van der Waals surface area contributed by atoms with Crippen molar-refractivity contribution in [2.75, 3.05) is 0 Å². The molecule has 7 nitrogen and oxygen atoms in total. The van der Waals surface area contributed by atoms with Gasteiger partial charge in [-0.2, -0.15) is 0 Å². The summed E-state index contributed by atoms with van der Waals surface area (Å²) in [7, 11) is 0.